The molecule has 1 heterocycles. The van der Waals surface area contributed by atoms with Gasteiger partial charge in [-0.15, -0.1) is 0 Å². The lowest BCUT2D eigenvalue weighted by Gasteiger charge is -2.63. The Balaban J connectivity index is 1.42. The second-order valence-electron chi connectivity index (χ2n) is 19.2. The molecule has 380 valence electrons. The molecule has 0 radical (unpaired) electrons. The molecule has 18 heteroatoms. The average Bonchev–Trinajstić information content (AvgIpc) is 3.39. The van der Waals surface area contributed by atoms with E-state index in [1.807, 2.05) is 0 Å². The molecule has 0 spiro atoms. The van der Waals surface area contributed by atoms with Crippen molar-refractivity contribution < 1.29 is 81.7 Å². The Morgan fingerprint density at radius 2 is 1.44 bits per heavy atom. The summed E-state index contributed by atoms with van der Waals surface area (Å²) in [5, 5.41) is 29.2. The zero-order chi connectivity index (χ0) is 51.5. The van der Waals surface area contributed by atoms with Crippen LogP contribution in [0.15, 0.2) is 102 Å². The van der Waals surface area contributed by atoms with Crippen LogP contribution in [0.1, 0.15) is 93.1 Å². The van der Waals surface area contributed by atoms with E-state index in [-0.39, 0.29) is 54.9 Å². The first-order valence-electron chi connectivity index (χ1n) is 23.5. The number of carbonyl (C=O) groups excluding carboxylic acids is 7. The third-order valence-electron chi connectivity index (χ3n) is 14.6. The van der Waals surface area contributed by atoms with Crippen LogP contribution in [0.3, 0.4) is 0 Å². The van der Waals surface area contributed by atoms with E-state index >= 15 is 9.59 Å². The van der Waals surface area contributed by atoms with E-state index < -0.39 is 125 Å². The number of aliphatic hydroxyl groups is 2. The predicted molar refractivity (Wildman–Crippen MR) is 249 cm³/mol. The quantitative estimate of drug-likeness (QED) is 0.0782. The van der Waals surface area contributed by atoms with Crippen LogP contribution < -0.4 is 5.32 Å². The smallest absolute Gasteiger partial charge is 0.350 e. The third kappa shape index (κ3) is 10.00. The van der Waals surface area contributed by atoms with Gasteiger partial charge in [-0.25, -0.2) is 14.4 Å². The van der Waals surface area contributed by atoms with E-state index in [1.165, 1.54) is 33.1 Å². The Kier molecular flexibility index (Phi) is 15.7. The molecule has 3 aromatic carbocycles. The van der Waals surface area contributed by atoms with Crippen LogP contribution in [0, 0.1) is 16.7 Å². The number of ether oxygens (including phenoxy) is 8. The molecule has 1 unspecified atom stereocenters. The number of fused-ring (bicyclic) bond motifs is 5. The van der Waals surface area contributed by atoms with E-state index in [0.717, 1.165) is 13.8 Å². The van der Waals surface area contributed by atoms with Crippen molar-refractivity contribution in [3.05, 3.63) is 119 Å². The molecular weight excluding hydrogens is 923 g/mol. The summed E-state index contributed by atoms with van der Waals surface area (Å²) >= 11 is 0. The molecule has 1 amide bonds. The molecule has 2 bridgehead atoms. The first-order valence-corrected chi connectivity index (χ1v) is 23.5. The van der Waals surface area contributed by atoms with Gasteiger partial charge in [0.25, 0.3) is 5.91 Å². The molecule has 71 heavy (non-hydrogen) atoms. The number of methoxy groups -OCH3 is 1. The fourth-order valence-electron chi connectivity index (χ4n) is 11.0. The van der Waals surface area contributed by atoms with Crippen molar-refractivity contribution in [2.24, 2.45) is 16.7 Å². The molecule has 4 aliphatic rings. The molecule has 18 nitrogen and oxygen atoms in total. The van der Waals surface area contributed by atoms with Crippen LogP contribution in [0.5, 0.6) is 0 Å². The topological polar surface area (TPSA) is 246 Å². The summed E-state index contributed by atoms with van der Waals surface area (Å²) in [6.45, 7) is 7.42. The zero-order valence-electron chi connectivity index (χ0n) is 40.7. The standard InChI is InChI=1S/C53H61NO17/c1-30-36(68-49(62)43(69-39(58)28-65-26-25-64-7)41(33-17-11-8-12-18-33)54-47(60)34-19-13-9-14-20-34)27-53(63)46(70-48(61)35-21-15-10-16-22-35)44-51(6,45(59)42(67-31(2)55)40(30)50(53,4)5)37(57)23-24-38-52(44,29-66-38)71-32(3)56/h8-22,36-38,41-44,46,57,63H,23-29H2,1-7H3,(H,54,60)/t36-,37-,38+,41-,42+,43+,44-,46?,51+,52-,53+/m0/s1. The second kappa shape index (κ2) is 21.2. The number of nitrogens with one attached hydrogen (secondary N) is 1. The van der Waals surface area contributed by atoms with Crippen molar-refractivity contribution in [1.29, 1.82) is 0 Å². The fraction of sp³-hybridized carbons (Fsp3) is 0.491. The van der Waals surface area contributed by atoms with Crippen molar-refractivity contribution in [3.63, 3.8) is 0 Å². The number of aliphatic hydroxyl groups excluding tert-OH is 1. The highest BCUT2D eigenvalue weighted by Crippen LogP contribution is 2.63. The van der Waals surface area contributed by atoms with Crippen LogP contribution in [0.4, 0.5) is 0 Å². The summed E-state index contributed by atoms with van der Waals surface area (Å²) in [5.74, 6) is -8.06. The fourth-order valence-corrected chi connectivity index (χ4v) is 11.0. The predicted octanol–water partition coefficient (Wildman–Crippen LogP) is 4.34. The summed E-state index contributed by atoms with van der Waals surface area (Å²) in [6.07, 6.45) is -10.5. The number of ketones is 1. The number of benzene rings is 3. The third-order valence-corrected chi connectivity index (χ3v) is 14.6. The van der Waals surface area contributed by atoms with Crippen molar-refractivity contribution >= 4 is 41.5 Å². The summed E-state index contributed by atoms with van der Waals surface area (Å²) < 4.78 is 47.4. The minimum atomic E-state index is -2.47. The van der Waals surface area contributed by atoms with Gasteiger partial charge in [0, 0.05) is 38.4 Å². The zero-order valence-corrected chi connectivity index (χ0v) is 40.7. The van der Waals surface area contributed by atoms with Gasteiger partial charge in [-0.2, -0.15) is 0 Å². The number of rotatable bonds is 16. The Labute approximate surface area is 411 Å². The summed E-state index contributed by atoms with van der Waals surface area (Å²) in [5.41, 5.74) is -7.48. The van der Waals surface area contributed by atoms with E-state index in [4.69, 9.17) is 37.9 Å². The maximum absolute atomic E-state index is 15.8. The molecule has 1 aliphatic heterocycles. The highest BCUT2D eigenvalue weighted by molar-refractivity contribution is 5.96. The number of carbonyl (C=O) groups is 7. The molecule has 11 atom stereocenters. The lowest BCUT2D eigenvalue weighted by Crippen LogP contribution is -2.78. The van der Waals surface area contributed by atoms with Gasteiger partial charge >= 0.3 is 29.8 Å². The van der Waals surface area contributed by atoms with Gasteiger partial charge in [0.2, 0.25) is 6.10 Å². The average molecular weight is 984 g/mol. The van der Waals surface area contributed by atoms with Crippen molar-refractivity contribution in [3.8, 4) is 0 Å². The van der Waals surface area contributed by atoms with Crippen LogP contribution in [-0.4, -0.2) is 133 Å². The maximum Gasteiger partial charge on any atom is 0.350 e. The Hall–Kier alpha value is -6.31. The summed E-state index contributed by atoms with van der Waals surface area (Å²) in [7, 11) is 1.44. The van der Waals surface area contributed by atoms with Crippen LogP contribution in [0.2, 0.25) is 0 Å². The first kappa shape index (κ1) is 52.5. The molecule has 3 aromatic rings. The van der Waals surface area contributed by atoms with Gasteiger partial charge in [-0.3, -0.25) is 19.2 Å². The molecule has 3 N–H and O–H groups in total. The Morgan fingerprint density at radius 3 is 2.01 bits per heavy atom. The van der Waals surface area contributed by atoms with Crippen molar-refractivity contribution in [1.82, 2.24) is 5.32 Å². The molecule has 7 rings (SSSR count). The monoisotopic (exact) mass is 983 g/mol. The Morgan fingerprint density at radius 1 is 0.817 bits per heavy atom. The van der Waals surface area contributed by atoms with E-state index in [2.05, 4.69) is 5.32 Å². The largest absolute Gasteiger partial charge is 0.455 e. The molecule has 3 aliphatic carbocycles. The number of hydrogen-bond acceptors (Lipinski definition) is 17. The lowest BCUT2D eigenvalue weighted by molar-refractivity contribution is -0.314. The summed E-state index contributed by atoms with van der Waals surface area (Å²) in [6, 6.07) is 22.7. The van der Waals surface area contributed by atoms with Crippen molar-refractivity contribution in [2.75, 3.05) is 33.5 Å². The maximum atomic E-state index is 15.8. The lowest BCUT2D eigenvalue weighted by atomic mass is 9.47. The van der Waals surface area contributed by atoms with Gasteiger partial charge in [0.05, 0.1) is 42.8 Å². The van der Waals surface area contributed by atoms with Gasteiger partial charge in [0.1, 0.15) is 36.6 Å². The normalized spacial score (nSPS) is 29.4. The molecule has 3 fully saturated rings. The highest BCUT2D eigenvalue weighted by atomic mass is 16.6. The number of Topliss-reactive ketones (excluding diaryl/α,β-unsaturated/α-hetero) is 1. The number of amides is 1. The van der Waals surface area contributed by atoms with E-state index in [1.54, 1.807) is 92.7 Å². The Bertz CT molecular complexity index is 2510. The number of hydrogen-bond donors (Lipinski definition) is 3. The SMILES string of the molecule is COCCOCC(=O)O[C@@H](C(=O)O[C@H]1C[C@@]2(O)C(OC(=O)c3ccccc3)[C@@H]3[C@]4(OC(C)=O)CO[C@@H]4CC[C@H](O)[C@@]3(C)C(=O)[C@H](OC(C)=O)C(=C1C)C2(C)C)[C@@H](NC(=O)c1ccccc1)c1ccccc1. The summed E-state index contributed by atoms with van der Waals surface area (Å²) in [4.78, 5) is 99.6. The van der Waals surface area contributed by atoms with Crippen LogP contribution >= 0.6 is 0 Å². The first-order chi connectivity index (χ1) is 33.7. The van der Waals surface area contributed by atoms with Gasteiger partial charge in [-0.1, -0.05) is 80.6 Å². The van der Waals surface area contributed by atoms with Crippen LogP contribution in [0.25, 0.3) is 0 Å². The second-order valence-corrected chi connectivity index (χ2v) is 19.2. The molecule has 1 saturated heterocycles. The number of esters is 5. The van der Waals surface area contributed by atoms with E-state index in [9.17, 15) is 34.2 Å². The minimum absolute atomic E-state index is 0.00229. The van der Waals surface area contributed by atoms with Crippen molar-refractivity contribution in [2.45, 2.75) is 115 Å². The van der Waals surface area contributed by atoms with Crippen LogP contribution in [-0.2, 0) is 61.9 Å². The van der Waals surface area contributed by atoms with E-state index in [0.29, 0.717) is 5.56 Å². The van der Waals surface area contributed by atoms with Gasteiger partial charge in [-0.05, 0) is 67.7 Å². The molecule has 0 aromatic heterocycles. The van der Waals surface area contributed by atoms with Gasteiger partial charge in [0.15, 0.2) is 17.5 Å². The van der Waals surface area contributed by atoms with Gasteiger partial charge < -0.3 is 53.4 Å². The molecular formula is C53H61NO17. The highest BCUT2D eigenvalue weighted by Gasteiger charge is 2.77. The molecule has 2 saturated carbocycles. The minimum Gasteiger partial charge on any atom is -0.455 e.